The summed E-state index contributed by atoms with van der Waals surface area (Å²) in [6.45, 7) is 4.28. The molecule has 1 atom stereocenters. The van der Waals surface area contributed by atoms with Gasteiger partial charge in [-0.3, -0.25) is 4.99 Å². The summed E-state index contributed by atoms with van der Waals surface area (Å²) in [5, 5.41) is 0.723. The van der Waals surface area contributed by atoms with Crippen LogP contribution in [0, 0.1) is 6.92 Å². The molecule has 0 radical (unpaired) electrons. The van der Waals surface area contributed by atoms with Crippen LogP contribution in [0.1, 0.15) is 30.9 Å². The van der Waals surface area contributed by atoms with E-state index in [-0.39, 0.29) is 5.54 Å². The van der Waals surface area contributed by atoms with Gasteiger partial charge in [0.2, 0.25) is 0 Å². The number of thioether (sulfide) groups is 1. The van der Waals surface area contributed by atoms with E-state index in [2.05, 4.69) is 43.1 Å². The maximum absolute atomic E-state index is 5.89. The van der Waals surface area contributed by atoms with Gasteiger partial charge >= 0.3 is 0 Å². The zero-order valence-corrected chi connectivity index (χ0v) is 10.7. The number of aryl methyl sites for hydroxylation is 1. The minimum atomic E-state index is -0.138. The van der Waals surface area contributed by atoms with Crippen molar-refractivity contribution in [2.45, 2.75) is 32.2 Å². The first-order chi connectivity index (χ1) is 7.60. The molecule has 0 aromatic heterocycles. The maximum atomic E-state index is 5.89. The van der Waals surface area contributed by atoms with Crippen LogP contribution < -0.4 is 5.73 Å². The summed E-state index contributed by atoms with van der Waals surface area (Å²) >= 11 is 1.67. The van der Waals surface area contributed by atoms with Crippen molar-refractivity contribution in [3.63, 3.8) is 0 Å². The number of rotatable bonds is 1. The monoisotopic (exact) mass is 234 g/mol. The van der Waals surface area contributed by atoms with Crippen LogP contribution in [0.15, 0.2) is 29.3 Å². The summed E-state index contributed by atoms with van der Waals surface area (Å²) in [6.07, 6.45) is 2.24. The van der Waals surface area contributed by atoms with Crippen LogP contribution in [-0.2, 0) is 5.54 Å². The first-order valence-electron chi connectivity index (χ1n) is 5.65. The Balaban J connectivity index is 2.36. The van der Waals surface area contributed by atoms with Crippen molar-refractivity contribution in [3.8, 4) is 0 Å². The van der Waals surface area contributed by atoms with Gasteiger partial charge in [-0.05, 0) is 32.3 Å². The molecule has 1 aromatic rings. The number of hydrogen-bond acceptors (Lipinski definition) is 3. The third kappa shape index (κ3) is 2.40. The van der Waals surface area contributed by atoms with Gasteiger partial charge in [-0.25, -0.2) is 0 Å². The third-order valence-corrected chi connectivity index (χ3v) is 3.97. The van der Waals surface area contributed by atoms with E-state index in [9.17, 15) is 0 Å². The largest absolute Gasteiger partial charge is 0.379 e. The summed E-state index contributed by atoms with van der Waals surface area (Å²) in [7, 11) is 0. The van der Waals surface area contributed by atoms with E-state index in [1.165, 1.54) is 17.5 Å². The molecule has 1 aliphatic heterocycles. The van der Waals surface area contributed by atoms with Crippen LogP contribution in [0.5, 0.6) is 0 Å². The summed E-state index contributed by atoms with van der Waals surface area (Å²) in [4.78, 5) is 4.67. The average molecular weight is 234 g/mol. The van der Waals surface area contributed by atoms with Gasteiger partial charge in [0.05, 0.1) is 5.54 Å². The van der Waals surface area contributed by atoms with Gasteiger partial charge in [0.1, 0.15) is 0 Å². The second kappa shape index (κ2) is 4.50. The highest BCUT2D eigenvalue weighted by Crippen LogP contribution is 2.34. The van der Waals surface area contributed by atoms with Crippen molar-refractivity contribution in [1.82, 2.24) is 0 Å². The van der Waals surface area contributed by atoms with Crippen LogP contribution in [0.2, 0.25) is 0 Å². The van der Waals surface area contributed by atoms with E-state index < -0.39 is 0 Å². The molecule has 3 heteroatoms. The number of nitrogens with two attached hydrogens (primary N) is 1. The highest BCUT2D eigenvalue weighted by atomic mass is 32.2. The number of benzene rings is 1. The van der Waals surface area contributed by atoms with E-state index in [0.29, 0.717) is 0 Å². The predicted octanol–water partition coefficient (Wildman–Crippen LogP) is 3.05. The summed E-state index contributed by atoms with van der Waals surface area (Å²) < 4.78 is 0. The molecule has 2 rings (SSSR count). The quantitative estimate of drug-likeness (QED) is 0.811. The third-order valence-electron chi connectivity index (χ3n) is 3.09. The smallest absolute Gasteiger partial charge is 0.154 e. The second-order valence-electron chi connectivity index (χ2n) is 4.54. The fraction of sp³-hybridized carbons (Fsp3) is 0.462. The molecule has 1 aromatic carbocycles. The number of aliphatic imine (C=N–C) groups is 1. The molecule has 0 fully saturated rings. The Morgan fingerprint density at radius 2 is 2.00 bits per heavy atom. The molecular weight excluding hydrogens is 216 g/mol. The zero-order valence-electron chi connectivity index (χ0n) is 9.86. The van der Waals surface area contributed by atoms with E-state index in [1.54, 1.807) is 11.8 Å². The topological polar surface area (TPSA) is 38.4 Å². The lowest BCUT2D eigenvalue weighted by Gasteiger charge is -2.24. The summed E-state index contributed by atoms with van der Waals surface area (Å²) in [5.74, 6) is 1.08. The lowest BCUT2D eigenvalue weighted by molar-refractivity contribution is 0.455. The number of nitrogens with zero attached hydrogens (tertiary/aromatic N) is 1. The molecule has 0 spiro atoms. The first kappa shape index (κ1) is 11.5. The van der Waals surface area contributed by atoms with Crippen molar-refractivity contribution in [3.05, 3.63) is 35.4 Å². The molecule has 1 unspecified atom stereocenters. The van der Waals surface area contributed by atoms with Gasteiger partial charge < -0.3 is 5.73 Å². The molecule has 0 saturated heterocycles. The molecule has 2 nitrogen and oxygen atoms in total. The molecule has 16 heavy (non-hydrogen) atoms. The fourth-order valence-electron chi connectivity index (χ4n) is 2.05. The molecule has 1 heterocycles. The van der Waals surface area contributed by atoms with Gasteiger partial charge in [-0.2, -0.15) is 0 Å². The minimum Gasteiger partial charge on any atom is -0.379 e. The van der Waals surface area contributed by atoms with Crippen molar-refractivity contribution in [2.24, 2.45) is 10.7 Å². The molecule has 2 N–H and O–H groups in total. The van der Waals surface area contributed by atoms with Crippen molar-refractivity contribution in [1.29, 1.82) is 0 Å². The highest BCUT2D eigenvalue weighted by molar-refractivity contribution is 8.13. The summed E-state index contributed by atoms with van der Waals surface area (Å²) in [6, 6.07) is 8.62. The predicted molar refractivity (Wildman–Crippen MR) is 71.8 cm³/mol. The lowest BCUT2D eigenvalue weighted by Crippen LogP contribution is -2.21. The average Bonchev–Trinajstić information content (AvgIpc) is 2.41. The lowest BCUT2D eigenvalue weighted by atomic mass is 9.88. The Hall–Kier alpha value is -0.960. The van der Waals surface area contributed by atoms with Crippen LogP contribution >= 0.6 is 11.8 Å². The first-order valence-corrected chi connectivity index (χ1v) is 6.64. The van der Waals surface area contributed by atoms with E-state index in [1.807, 2.05) is 0 Å². The molecule has 0 amide bonds. The standard InChI is InChI=1S/C13H18N2S/c1-10-4-6-11(7-5-10)13(2)8-3-9-16-12(14)15-13/h4-7H,3,8-9H2,1-2H3,(H2,14,15). The van der Waals surface area contributed by atoms with Gasteiger partial charge in [-0.1, -0.05) is 41.6 Å². The Kier molecular flexibility index (Phi) is 3.24. The van der Waals surface area contributed by atoms with Crippen molar-refractivity contribution in [2.75, 3.05) is 5.75 Å². The molecule has 0 aliphatic carbocycles. The Labute approximate surface area is 101 Å². The molecule has 0 saturated carbocycles. The highest BCUT2D eigenvalue weighted by Gasteiger charge is 2.27. The Bertz CT molecular complexity index is 397. The maximum Gasteiger partial charge on any atom is 0.154 e. The second-order valence-corrected chi connectivity index (χ2v) is 5.66. The van der Waals surface area contributed by atoms with Crippen LogP contribution in [-0.4, -0.2) is 10.9 Å². The van der Waals surface area contributed by atoms with Crippen molar-refractivity contribution < 1.29 is 0 Å². The Morgan fingerprint density at radius 1 is 1.31 bits per heavy atom. The molecular formula is C13H18N2S. The number of hydrogen-bond donors (Lipinski definition) is 1. The van der Waals surface area contributed by atoms with Gasteiger partial charge in [0, 0.05) is 5.75 Å². The number of amidine groups is 1. The van der Waals surface area contributed by atoms with E-state index in [0.717, 1.165) is 17.3 Å². The summed E-state index contributed by atoms with van der Waals surface area (Å²) in [5.41, 5.74) is 8.30. The Morgan fingerprint density at radius 3 is 2.69 bits per heavy atom. The fourth-order valence-corrected chi connectivity index (χ4v) is 2.81. The molecule has 86 valence electrons. The van der Waals surface area contributed by atoms with Crippen LogP contribution in [0.25, 0.3) is 0 Å². The molecule has 0 bridgehead atoms. The van der Waals surface area contributed by atoms with Gasteiger partial charge in [0.25, 0.3) is 0 Å². The van der Waals surface area contributed by atoms with Crippen molar-refractivity contribution >= 4 is 16.9 Å². The van der Waals surface area contributed by atoms with E-state index in [4.69, 9.17) is 5.73 Å². The van der Waals surface area contributed by atoms with Crippen LogP contribution in [0.4, 0.5) is 0 Å². The zero-order chi connectivity index (χ0) is 11.6. The van der Waals surface area contributed by atoms with E-state index >= 15 is 0 Å². The van der Waals surface area contributed by atoms with Gasteiger partial charge in [0.15, 0.2) is 5.17 Å². The molecule has 1 aliphatic rings. The normalized spacial score (nSPS) is 26.0. The van der Waals surface area contributed by atoms with Crippen LogP contribution in [0.3, 0.4) is 0 Å². The minimum absolute atomic E-state index is 0.138. The van der Waals surface area contributed by atoms with Gasteiger partial charge in [-0.15, -0.1) is 0 Å². The SMILES string of the molecule is Cc1ccc(C2(C)CCCSC(N)=N2)cc1.